The first-order valence-electron chi connectivity index (χ1n) is 6.65. The molecule has 2 aromatic rings. The summed E-state index contributed by atoms with van der Waals surface area (Å²) in [6.07, 6.45) is -0.232. The van der Waals surface area contributed by atoms with Crippen LogP contribution in [0.2, 0.25) is 5.02 Å². The molecule has 0 atom stereocenters. The number of carbonyl (C=O) groups is 2. The van der Waals surface area contributed by atoms with Crippen LogP contribution in [0, 0.1) is 0 Å². The zero-order valence-electron chi connectivity index (χ0n) is 11.8. The van der Waals surface area contributed by atoms with Crippen molar-refractivity contribution in [3.05, 3.63) is 47.5 Å². The van der Waals surface area contributed by atoms with E-state index in [1.54, 1.807) is 37.4 Å². The van der Waals surface area contributed by atoms with Gasteiger partial charge in [0.2, 0.25) is 11.8 Å². The van der Waals surface area contributed by atoms with E-state index in [0.29, 0.717) is 22.1 Å². The predicted molar refractivity (Wildman–Crippen MR) is 84.7 cm³/mol. The second-order valence-electron chi connectivity index (χ2n) is 5.01. The van der Waals surface area contributed by atoms with Gasteiger partial charge < -0.3 is 10.0 Å². The molecule has 0 radical (unpaired) electrons. The third-order valence-electron chi connectivity index (χ3n) is 3.57. The number of hydrogen-bond acceptors (Lipinski definition) is 3. The van der Waals surface area contributed by atoms with Gasteiger partial charge in [-0.15, -0.1) is 0 Å². The third kappa shape index (κ3) is 2.40. The molecule has 0 aliphatic carbocycles. The van der Waals surface area contributed by atoms with Crippen molar-refractivity contribution in [2.75, 3.05) is 16.8 Å². The molecule has 6 heteroatoms. The molecule has 1 aliphatic heterocycles. The first-order valence-corrected chi connectivity index (χ1v) is 7.03. The van der Waals surface area contributed by atoms with Crippen molar-refractivity contribution in [1.82, 2.24) is 0 Å². The van der Waals surface area contributed by atoms with E-state index in [1.807, 2.05) is 0 Å². The summed E-state index contributed by atoms with van der Waals surface area (Å²) in [5.74, 6) is -0.524. The fourth-order valence-corrected chi connectivity index (χ4v) is 2.61. The Bertz CT molecular complexity index is 758. The number of carbonyl (C=O) groups excluding carboxylic acids is 2. The number of aromatic hydroxyl groups is 1. The van der Waals surface area contributed by atoms with Crippen molar-refractivity contribution in [2.45, 2.75) is 6.42 Å². The summed E-state index contributed by atoms with van der Waals surface area (Å²) in [7, 11) is 1.63. The van der Waals surface area contributed by atoms with E-state index in [1.165, 1.54) is 21.9 Å². The van der Waals surface area contributed by atoms with Crippen LogP contribution in [0.5, 0.6) is 5.75 Å². The fraction of sp³-hybridized carbons (Fsp3) is 0.125. The molecule has 2 amide bonds. The van der Waals surface area contributed by atoms with Crippen LogP contribution in [-0.4, -0.2) is 24.0 Å². The van der Waals surface area contributed by atoms with Crippen LogP contribution in [0.15, 0.2) is 42.5 Å². The van der Waals surface area contributed by atoms with Gasteiger partial charge in [-0.1, -0.05) is 11.6 Å². The topological polar surface area (TPSA) is 60.9 Å². The molecule has 112 valence electrons. The molecular weight excluding hydrogens is 304 g/mol. The molecule has 0 aromatic heterocycles. The second-order valence-corrected chi connectivity index (χ2v) is 5.44. The van der Waals surface area contributed by atoms with Crippen LogP contribution in [0.1, 0.15) is 6.42 Å². The minimum Gasteiger partial charge on any atom is -0.508 e. The molecule has 0 saturated heterocycles. The molecule has 5 nitrogen and oxygen atoms in total. The van der Waals surface area contributed by atoms with E-state index in [9.17, 15) is 14.7 Å². The number of phenols is 1. The maximum absolute atomic E-state index is 12.5. The minimum absolute atomic E-state index is 0.102. The number of rotatable bonds is 1. The number of benzene rings is 2. The lowest BCUT2D eigenvalue weighted by Gasteiger charge is -2.24. The highest BCUT2D eigenvalue weighted by molar-refractivity contribution is 6.31. The van der Waals surface area contributed by atoms with Crippen LogP contribution in [0.4, 0.5) is 17.1 Å². The first-order chi connectivity index (χ1) is 10.5. The normalized spacial score (nSPS) is 14.8. The molecule has 2 aromatic carbocycles. The molecule has 1 N–H and O–H groups in total. The van der Waals surface area contributed by atoms with Gasteiger partial charge in [-0.3, -0.25) is 14.5 Å². The standard InChI is InChI=1S/C16H13ClN2O3/c1-18-13-7-2-10(17)8-14(13)19(16(22)9-15(18)21)11-3-5-12(20)6-4-11/h2-8,20H,9H2,1H3. The lowest BCUT2D eigenvalue weighted by Crippen LogP contribution is -2.28. The Hall–Kier alpha value is -2.53. The smallest absolute Gasteiger partial charge is 0.241 e. The van der Waals surface area contributed by atoms with Gasteiger partial charge >= 0.3 is 0 Å². The second kappa shape index (κ2) is 5.35. The van der Waals surface area contributed by atoms with Crippen molar-refractivity contribution in [3.63, 3.8) is 0 Å². The number of nitrogens with zero attached hydrogens (tertiary/aromatic N) is 2. The third-order valence-corrected chi connectivity index (χ3v) is 3.81. The Kier molecular flexibility index (Phi) is 3.50. The van der Waals surface area contributed by atoms with E-state index < -0.39 is 0 Å². The molecule has 1 heterocycles. The van der Waals surface area contributed by atoms with Gasteiger partial charge in [-0.2, -0.15) is 0 Å². The number of fused-ring (bicyclic) bond motifs is 1. The van der Waals surface area contributed by atoms with E-state index >= 15 is 0 Å². The quantitative estimate of drug-likeness (QED) is 0.822. The molecule has 0 spiro atoms. The molecular formula is C16H13ClN2O3. The van der Waals surface area contributed by atoms with E-state index in [0.717, 1.165) is 0 Å². The van der Waals surface area contributed by atoms with Gasteiger partial charge in [0.1, 0.15) is 12.2 Å². The summed E-state index contributed by atoms with van der Waals surface area (Å²) < 4.78 is 0. The van der Waals surface area contributed by atoms with E-state index in [2.05, 4.69) is 0 Å². The van der Waals surface area contributed by atoms with Crippen LogP contribution in [-0.2, 0) is 9.59 Å². The Balaban J connectivity index is 2.22. The predicted octanol–water partition coefficient (Wildman–Crippen LogP) is 3.08. The van der Waals surface area contributed by atoms with E-state index in [4.69, 9.17) is 11.6 Å². The van der Waals surface area contributed by atoms with Gasteiger partial charge in [0.05, 0.1) is 11.4 Å². The number of anilines is 3. The van der Waals surface area contributed by atoms with E-state index in [-0.39, 0.29) is 24.0 Å². The lowest BCUT2D eigenvalue weighted by atomic mass is 10.2. The van der Waals surface area contributed by atoms with Crippen molar-refractivity contribution >= 4 is 40.5 Å². The summed E-state index contributed by atoms with van der Waals surface area (Å²) >= 11 is 6.06. The van der Waals surface area contributed by atoms with Crippen molar-refractivity contribution in [2.24, 2.45) is 0 Å². The Morgan fingerprint density at radius 3 is 2.36 bits per heavy atom. The summed E-state index contributed by atoms with van der Waals surface area (Å²) in [5, 5.41) is 9.88. The SMILES string of the molecule is CN1C(=O)CC(=O)N(c2ccc(O)cc2)c2cc(Cl)ccc21. The largest absolute Gasteiger partial charge is 0.508 e. The maximum atomic E-state index is 12.5. The fourth-order valence-electron chi connectivity index (χ4n) is 2.44. The van der Waals surface area contributed by atoms with Gasteiger partial charge in [0.25, 0.3) is 0 Å². The molecule has 3 rings (SSSR count). The summed E-state index contributed by atoms with van der Waals surface area (Å²) in [5.41, 5.74) is 1.71. The lowest BCUT2D eigenvalue weighted by molar-refractivity contribution is -0.125. The average molecular weight is 317 g/mol. The Morgan fingerprint density at radius 2 is 1.68 bits per heavy atom. The molecule has 1 aliphatic rings. The molecule has 22 heavy (non-hydrogen) atoms. The highest BCUT2D eigenvalue weighted by Crippen LogP contribution is 2.39. The number of amides is 2. The number of halogens is 1. The van der Waals surface area contributed by atoms with Gasteiger partial charge in [0.15, 0.2) is 0 Å². The monoisotopic (exact) mass is 316 g/mol. The molecule has 0 fully saturated rings. The summed E-state index contributed by atoms with van der Waals surface area (Å²) in [4.78, 5) is 27.5. The van der Waals surface area contributed by atoms with Crippen molar-refractivity contribution in [1.29, 1.82) is 0 Å². The average Bonchev–Trinajstić information content (AvgIpc) is 2.56. The van der Waals surface area contributed by atoms with Crippen LogP contribution >= 0.6 is 11.6 Å². The molecule has 0 unspecified atom stereocenters. The van der Waals surface area contributed by atoms with Crippen LogP contribution in [0.3, 0.4) is 0 Å². The number of phenolic OH excluding ortho intramolecular Hbond substituents is 1. The van der Waals surface area contributed by atoms with Crippen LogP contribution < -0.4 is 9.80 Å². The summed E-state index contributed by atoms with van der Waals surface area (Å²) in [6, 6.07) is 11.3. The zero-order valence-corrected chi connectivity index (χ0v) is 12.5. The Morgan fingerprint density at radius 1 is 1.00 bits per heavy atom. The van der Waals surface area contributed by atoms with Gasteiger partial charge in [0, 0.05) is 17.8 Å². The zero-order chi connectivity index (χ0) is 15.9. The number of hydrogen-bond donors (Lipinski definition) is 1. The Labute approximate surface area is 132 Å². The van der Waals surface area contributed by atoms with Crippen LogP contribution in [0.25, 0.3) is 0 Å². The molecule has 0 bridgehead atoms. The highest BCUT2D eigenvalue weighted by Gasteiger charge is 2.30. The highest BCUT2D eigenvalue weighted by atomic mass is 35.5. The van der Waals surface area contributed by atoms with Crippen molar-refractivity contribution in [3.8, 4) is 5.75 Å². The molecule has 0 saturated carbocycles. The minimum atomic E-state index is -0.344. The first kappa shape index (κ1) is 14.4. The van der Waals surface area contributed by atoms with Gasteiger partial charge in [-0.25, -0.2) is 0 Å². The maximum Gasteiger partial charge on any atom is 0.241 e. The summed E-state index contributed by atoms with van der Waals surface area (Å²) in [6.45, 7) is 0. The van der Waals surface area contributed by atoms with Gasteiger partial charge in [-0.05, 0) is 42.5 Å². The van der Waals surface area contributed by atoms with Crippen molar-refractivity contribution < 1.29 is 14.7 Å².